The standard InChI is InChI=1S/C12H11Br2N7/c1-5-3-16-7(6(2)8(5)13)4-21-11-9(19-20-21)10(14)17-12(15)18-11/h3H,4H2,1-2H3,(H2,15,17,18). The summed E-state index contributed by atoms with van der Waals surface area (Å²) in [4.78, 5) is 12.7. The first kappa shape index (κ1) is 14.3. The zero-order valence-corrected chi connectivity index (χ0v) is 14.5. The quantitative estimate of drug-likeness (QED) is 0.649. The van der Waals surface area contributed by atoms with Crippen LogP contribution < -0.4 is 5.73 Å². The van der Waals surface area contributed by atoms with Crippen molar-refractivity contribution < 1.29 is 0 Å². The number of nitrogens with two attached hydrogens (primary N) is 1. The highest BCUT2D eigenvalue weighted by Gasteiger charge is 2.14. The Hall–Kier alpha value is -1.61. The molecule has 3 aromatic heterocycles. The lowest BCUT2D eigenvalue weighted by atomic mass is 10.1. The molecule has 0 radical (unpaired) electrons. The van der Waals surface area contributed by atoms with Gasteiger partial charge in [-0.2, -0.15) is 4.98 Å². The van der Waals surface area contributed by atoms with Crippen molar-refractivity contribution in [2.24, 2.45) is 0 Å². The molecular formula is C12H11Br2N7. The Morgan fingerprint density at radius 3 is 2.76 bits per heavy atom. The van der Waals surface area contributed by atoms with Gasteiger partial charge in [-0.05, 0) is 40.9 Å². The summed E-state index contributed by atoms with van der Waals surface area (Å²) < 4.78 is 3.24. The molecule has 0 saturated heterocycles. The molecule has 9 heteroatoms. The molecule has 0 amide bonds. The average molecular weight is 413 g/mol. The predicted octanol–water partition coefficient (Wildman–Crippen LogP) is 2.39. The smallest absolute Gasteiger partial charge is 0.223 e. The third-order valence-electron chi connectivity index (χ3n) is 3.16. The fraction of sp³-hybridized carbons (Fsp3) is 0.250. The highest BCUT2D eigenvalue weighted by Crippen LogP contribution is 2.24. The van der Waals surface area contributed by atoms with E-state index >= 15 is 0 Å². The van der Waals surface area contributed by atoms with Gasteiger partial charge in [0.1, 0.15) is 4.60 Å². The van der Waals surface area contributed by atoms with Gasteiger partial charge in [0, 0.05) is 10.7 Å². The SMILES string of the molecule is Cc1cnc(Cn2nnc3c(Br)nc(N)nc32)c(C)c1Br. The summed E-state index contributed by atoms with van der Waals surface area (Å²) in [6.07, 6.45) is 1.82. The molecule has 3 aromatic rings. The Kier molecular flexibility index (Phi) is 3.62. The van der Waals surface area contributed by atoms with E-state index in [2.05, 4.69) is 57.1 Å². The summed E-state index contributed by atoms with van der Waals surface area (Å²) in [5, 5.41) is 8.18. The number of rotatable bonds is 2. The van der Waals surface area contributed by atoms with E-state index in [1.165, 1.54) is 0 Å². The minimum absolute atomic E-state index is 0.174. The van der Waals surface area contributed by atoms with Crippen LogP contribution in [0, 0.1) is 13.8 Å². The summed E-state index contributed by atoms with van der Waals surface area (Å²) in [5.74, 6) is 0.174. The van der Waals surface area contributed by atoms with Crippen LogP contribution in [-0.4, -0.2) is 29.9 Å². The van der Waals surface area contributed by atoms with Gasteiger partial charge in [-0.3, -0.25) is 4.98 Å². The number of hydrogen-bond acceptors (Lipinski definition) is 6. The molecule has 108 valence electrons. The Bertz CT molecular complexity index is 843. The zero-order valence-electron chi connectivity index (χ0n) is 11.3. The molecule has 0 fully saturated rings. The van der Waals surface area contributed by atoms with Gasteiger partial charge in [-0.1, -0.05) is 21.1 Å². The van der Waals surface area contributed by atoms with Crippen molar-refractivity contribution in [2.45, 2.75) is 20.4 Å². The third kappa shape index (κ3) is 2.51. The maximum atomic E-state index is 5.68. The second-order valence-corrected chi connectivity index (χ2v) is 6.16. The van der Waals surface area contributed by atoms with Crippen LogP contribution in [0.4, 0.5) is 5.95 Å². The van der Waals surface area contributed by atoms with Crippen molar-refractivity contribution in [1.82, 2.24) is 29.9 Å². The molecule has 3 heterocycles. The van der Waals surface area contributed by atoms with Crippen molar-refractivity contribution in [3.63, 3.8) is 0 Å². The van der Waals surface area contributed by atoms with E-state index < -0.39 is 0 Å². The van der Waals surface area contributed by atoms with Gasteiger partial charge >= 0.3 is 0 Å². The number of nitrogens with zero attached hydrogens (tertiary/aromatic N) is 6. The third-order valence-corrected chi connectivity index (χ3v) is 4.93. The Labute approximate surface area is 137 Å². The van der Waals surface area contributed by atoms with E-state index in [1.807, 2.05) is 20.0 Å². The van der Waals surface area contributed by atoms with Crippen molar-refractivity contribution in [3.8, 4) is 0 Å². The Balaban J connectivity index is 2.09. The van der Waals surface area contributed by atoms with Crippen molar-refractivity contribution >= 4 is 49.0 Å². The van der Waals surface area contributed by atoms with Crippen molar-refractivity contribution in [2.75, 3.05) is 5.73 Å². The predicted molar refractivity (Wildman–Crippen MR) is 85.7 cm³/mol. The minimum atomic E-state index is 0.174. The van der Waals surface area contributed by atoms with Crippen LogP contribution in [0.2, 0.25) is 0 Å². The average Bonchev–Trinajstić information content (AvgIpc) is 2.83. The summed E-state index contributed by atoms with van der Waals surface area (Å²) in [5.41, 5.74) is 9.89. The maximum absolute atomic E-state index is 5.68. The van der Waals surface area contributed by atoms with Crippen LogP contribution in [0.5, 0.6) is 0 Å². The number of fused-ring (bicyclic) bond motifs is 1. The molecule has 0 atom stereocenters. The maximum Gasteiger partial charge on any atom is 0.223 e. The molecule has 0 aliphatic rings. The second-order valence-electron chi connectivity index (χ2n) is 4.62. The topological polar surface area (TPSA) is 95.4 Å². The van der Waals surface area contributed by atoms with Crippen molar-refractivity contribution in [3.05, 3.63) is 32.1 Å². The fourth-order valence-electron chi connectivity index (χ4n) is 2.00. The molecule has 0 unspecified atom stereocenters. The largest absolute Gasteiger partial charge is 0.368 e. The molecule has 0 aromatic carbocycles. The summed E-state index contributed by atoms with van der Waals surface area (Å²) in [6.45, 7) is 4.48. The zero-order chi connectivity index (χ0) is 15.1. The molecule has 21 heavy (non-hydrogen) atoms. The fourth-order valence-corrected chi connectivity index (χ4v) is 2.77. The number of halogens is 2. The summed E-state index contributed by atoms with van der Waals surface area (Å²) >= 11 is 6.88. The Morgan fingerprint density at radius 1 is 1.24 bits per heavy atom. The van der Waals surface area contributed by atoms with Gasteiger partial charge in [-0.15, -0.1) is 5.10 Å². The lowest BCUT2D eigenvalue weighted by Crippen LogP contribution is -2.08. The first-order valence-electron chi connectivity index (χ1n) is 6.10. The number of aryl methyl sites for hydroxylation is 1. The van der Waals surface area contributed by atoms with E-state index in [0.29, 0.717) is 22.3 Å². The van der Waals surface area contributed by atoms with Crippen molar-refractivity contribution in [1.29, 1.82) is 0 Å². The number of hydrogen-bond donors (Lipinski definition) is 1. The van der Waals surface area contributed by atoms with E-state index in [-0.39, 0.29) is 5.95 Å². The first-order chi connectivity index (χ1) is 9.97. The van der Waals surface area contributed by atoms with Gasteiger partial charge in [0.2, 0.25) is 5.95 Å². The molecule has 0 aliphatic carbocycles. The lowest BCUT2D eigenvalue weighted by molar-refractivity contribution is 0.649. The number of anilines is 1. The normalized spacial score (nSPS) is 11.2. The van der Waals surface area contributed by atoms with E-state index in [1.54, 1.807) is 4.68 Å². The highest BCUT2D eigenvalue weighted by molar-refractivity contribution is 9.10. The molecule has 3 rings (SSSR count). The molecule has 2 N–H and O–H groups in total. The lowest BCUT2D eigenvalue weighted by Gasteiger charge is -2.09. The second kappa shape index (κ2) is 5.30. The van der Waals surface area contributed by atoms with Gasteiger partial charge < -0.3 is 5.73 Å². The molecular weight excluding hydrogens is 402 g/mol. The van der Waals surface area contributed by atoms with Gasteiger partial charge in [0.15, 0.2) is 11.2 Å². The van der Waals surface area contributed by atoms with Crippen LogP contribution in [0.1, 0.15) is 16.8 Å². The van der Waals surface area contributed by atoms with E-state index in [0.717, 1.165) is 21.3 Å². The van der Waals surface area contributed by atoms with Crippen LogP contribution >= 0.6 is 31.9 Å². The minimum Gasteiger partial charge on any atom is -0.368 e. The van der Waals surface area contributed by atoms with Gasteiger partial charge in [0.05, 0.1) is 12.2 Å². The van der Waals surface area contributed by atoms with E-state index in [4.69, 9.17) is 5.73 Å². The Morgan fingerprint density at radius 2 is 2.00 bits per heavy atom. The first-order valence-corrected chi connectivity index (χ1v) is 7.68. The molecule has 7 nitrogen and oxygen atoms in total. The van der Waals surface area contributed by atoms with Crippen LogP contribution in [-0.2, 0) is 6.54 Å². The highest BCUT2D eigenvalue weighted by atomic mass is 79.9. The van der Waals surface area contributed by atoms with Crippen LogP contribution in [0.15, 0.2) is 15.3 Å². The number of aromatic nitrogens is 6. The van der Waals surface area contributed by atoms with Crippen LogP contribution in [0.3, 0.4) is 0 Å². The molecule has 0 bridgehead atoms. The van der Waals surface area contributed by atoms with Gasteiger partial charge in [0.25, 0.3) is 0 Å². The summed E-state index contributed by atoms with van der Waals surface area (Å²) in [6, 6.07) is 0. The summed E-state index contributed by atoms with van der Waals surface area (Å²) in [7, 11) is 0. The number of nitrogen functional groups attached to an aromatic ring is 1. The number of pyridine rings is 1. The molecule has 0 aliphatic heterocycles. The molecule has 0 spiro atoms. The molecule has 0 saturated carbocycles. The van der Waals surface area contributed by atoms with Crippen LogP contribution in [0.25, 0.3) is 11.2 Å². The van der Waals surface area contributed by atoms with E-state index in [9.17, 15) is 0 Å². The monoisotopic (exact) mass is 411 g/mol. The van der Waals surface area contributed by atoms with Gasteiger partial charge in [-0.25, -0.2) is 9.67 Å².